The van der Waals surface area contributed by atoms with Crippen LogP contribution >= 0.6 is 14.6 Å². The van der Waals surface area contributed by atoms with E-state index in [-0.39, 0.29) is 61.3 Å². The number of rotatable bonds is 15. The van der Waals surface area contributed by atoms with Gasteiger partial charge in [0.25, 0.3) is 0 Å². The summed E-state index contributed by atoms with van der Waals surface area (Å²) in [5.74, 6) is 0. The first-order valence-electron chi connectivity index (χ1n) is 19.6. The van der Waals surface area contributed by atoms with Crippen LogP contribution in [0.3, 0.4) is 0 Å². The molecule has 0 aliphatic rings. The van der Waals surface area contributed by atoms with Crippen molar-refractivity contribution in [3.05, 3.63) is 119 Å². The summed E-state index contributed by atoms with van der Waals surface area (Å²) in [6, 6.07) is 29.6. The van der Waals surface area contributed by atoms with Gasteiger partial charge in [0.05, 0.1) is 0 Å². The second-order valence-electron chi connectivity index (χ2n) is 18.9. The summed E-state index contributed by atoms with van der Waals surface area (Å²) < 4.78 is 24.4. The van der Waals surface area contributed by atoms with Crippen LogP contribution in [-0.4, -0.2) is 59.2 Å². The molecule has 0 bridgehead atoms. The molecule has 4 rings (SSSR count). The van der Waals surface area contributed by atoms with Crippen LogP contribution in [0.15, 0.2) is 97.1 Å². The molecule has 56 heavy (non-hydrogen) atoms. The van der Waals surface area contributed by atoms with Gasteiger partial charge in [-0.15, -0.1) is 0 Å². The molecule has 0 saturated carbocycles. The zero-order valence-electron chi connectivity index (χ0n) is 35.8. The van der Waals surface area contributed by atoms with E-state index in [0.717, 1.165) is 22.3 Å². The Morgan fingerprint density at radius 1 is 0.339 bits per heavy atom. The quantitative estimate of drug-likeness (QED) is 0.0704. The molecule has 8 nitrogen and oxygen atoms in total. The van der Waals surface area contributed by atoms with Crippen LogP contribution in [0.2, 0.25) is 0 Å². The molecule has 0 atom stereocenters. The van der Waals surface area contributed by atoms with Crippen LogP contribution in [0.5, 0.6) is 0 Å². The first kappa shape index (κ1) is 46.1. The van der Waals surface area contributed by atoms with Crippen LogP contribution in [0.25, 0.3) is 0 Å². The Hall–Kier alpha value is -2.58. The number of hydrogen-bond donors (Lipinski definition) is 4. The van der Waals surface area contributed by atoms with Gasteiger partial charge >= 0.3 is 338 Å². The monoisotopic (exact) mass is 810 g/mol. The van der Waals surface area contributed by atoms with Gasteiger partial charge in [-0.2, -0.15) is 0 Å². The van der Waals surface area contributed by atoms with Gasteiger partial charge in [0.1, 0.15) is 0 Å². The summed E-state index contributed by atoms with van der Waals surface area (Å²) in [7, 11) is -10.4. The number of benzene rings is 4. The maximum absolute atomic E-state index is 12.7. The van der Waals surface area contributed by atoms with Gasteiger partial charge in [-0.25, -0.2) is 0 Å². The zero-order valence-corrected chi connectivity index (χ0v) is 37.6. The zero-order chi connectivity index (χ0) is 41.9. The molecule has 0 spiro atoms. The topological polar surface area (TPSA) is 118 Å². The minimum atomic E-state index is -5.20. The summed E-state index contributed by atoms with van der Waals surface area (Å²) in [6.45, 7) is 25.0. The summed E-state index contributed by atoms with van der Waals surface area (Å²) >= 11 is 0. The molecule has 0 aromatic heterocycles. The van der Waals surface area contributed by atoms with Crippen molar-refractivity contribution in [2.75, 3.05) is 39.6 Å². The number of hydrogen-bond acceptors (Lipinski definition) is 8. The Kier molecular flexibility index (Phi) is 13.7. The van der Waals surface area contributed by atoms with E-state index in [0.29, 0.717) is 21.2 Å². The molecule has 0 amide bonds. The third-order valence-electron chi connectivity index (χ3n) is 10.1. The summed E-state index contributed by atoms with van der Waals surface area (Å²) in [5, 5.41) is 1.52. The summed E-state index contributed by atoms with van der Waals surface area (Å²) in [6.07, 6.45) is 0. The normalized spacial score (nSPS) is 14.9. The molecule has 310 valence electrons. The molecule has 0 unspecified atom stereocenters. The van der Waals surface area contributed by atoms with Crippen molar-refractivity contribution in [2.24, 2.45) is 0 Å². The van der Waals surface area contributed by atoms with Crippen molar-refractivity contribution in [3.8, 4) is 0 Å². The van der Waals surface area contributed by atoms with Crippen LogP contribution in [0.4, 0.5) is 0 Å². The van der Waals surface area contributed by atoms with Gasteiger partial charge in [0.2, 0.25) is 0 Å². The fourth-order valence-electron chi connectivity index (χ4n) is 7.24. The molecule has 4 N–H and O–H groups in total. The van der Waals surface area contributed by atoms with Crippen molar-refractivity contribution >= 4 is 35.8 Å². The molecule has 4 aromatic rings. The molecule has 0 heterocycles. The van der Waals surface area contributed by atoms with Crippen molar-refractivity contribution in [2.45, 2.75) is 105 Å². The average molecular weight is 811 g/mol. The van der Waals surface area contributed by atoms with Gasteiger partial charge in [-0.1, -0.05) is 0 Å². The van der Waals surface area contributed by atoms with Crippen LogP contribution < -0.4 is 21.2 Å². The molecular weight excluding hydrogens is 742 g/mol. The van der Waals surface area contributed by atoms with Gasteiger partial charge in [0.15, 0.2) is 0 Å². The van der Waals surface area contributed by atoms with E-state index in [1.165, 1.54) is 0 Å². The van der Waals surface area contributed by atoms with Crippen molar-refractivity contribution in [1.29, 1.82) is 0 Å². The fraction of sp³-hybridized carbons (Fsp3) is 0.478. The maximum atomic E-state index is 12.7. The Morgan fingerprint density at radius 3 is 0.750 bits per heavy atom. The third kappa shape index (κ3) is 9.98. The molecule has 0 saturated heterocycles. The van der Waals surface area contributed by atoms with E-state index in [1.807, 2.05) is 156 Å². The molecular formula is C46H68O8P2. The van der Waals surface area contributed by atoms with Gasteiger partial charge in [-0.3, -0.25) is 0 Å². The first-order chi connectivity index (χ1) is 25.7. The molecule has 4 aromatic carbocycles. The molecule has 10 heteroatoms. The molecule has 0 radical (unpaired) electrons. The molecule has 0 aliphatic heterocycles. The Morgan fingerprint density at radius 2 is 0.536 bits per heavy atom. The Balaban J connectivity index is 1.47. The third-order valence-corrected chi connectivity index (χ3v) is 16.5. The van der Waals surface area contributed by atoms with Crippen LogP contribution in [0, 0.1) is 0 Å². The second-order valence-corrected chi connectivity index (χ2v) is 25.1. The van der Waals surface area contributed by atoms with Gasteiger partial charge in [-0.05, 0) is 0 Å². The fourth-order valence-corrected chi connectivity index (χ4v) is 13.9. The van der Waals surface area contributed by atoms with E-state index in [2.05, 4.69) is 0 Å². The SMILES string of the molecule is CC(C)(C)c1ccccc1P(O)(O)(OCCOCCOCCOP(O)(O)(c1ccccc1C(C)(C)C)c1ccccc1C(C)(C)C)c1ccccc1C(C)(C)C. The van der Waals surface area contributed by atoms with E-state index in [9.17, 15) is 19.6 Å². The van der Waals surface area contributed by atoms with Crippen molar-refractivity contribution < 1.29 is 38.1 Å². The van der Waals surface area contributed by atoms with Crippen molar-refractivity contribution in [1.82, 2.24) is 0 Å². The Bertz CT molecular complexity index is 1680. The van der Waals surface area contributed by atoms with Gasteiger partial charge < -0.3 is 0 Å². The van der Waals surface area contributed by atoms with Crippen LogP contribution in [-0.2, 0) is 40.2 Å². The van der Waals surface area contributed by atoms with E-state index in [4.69, 9.17) is 18.5 Å². The molecule has 0 fully saturated rings. The average Bonchev–Trinajstić information content (AvgIpc) is 3.11. The Labute approximate surface area is 336 Å². The van der Waals surface area contributed by atoms with E-state index < -0.39 is 14.6 Å². The predicted molar refractivity (Wildman–Crippen MR) is 235 cm³/mol. The van der Waals surface area contributed by atoms with E-state index >= 15 is 0 Å². The van der Waals surface area contributed by atoms with E-state index in [1.54, 1.807) is 24.3 Å². The molecule has 0 aliphatic carbocycles. The summed E-state index contributed by atoms with van der Waals surface area (Å²) in [5.41, 5.74) is 1.64. The standard InChI is InChI=1S/C46H68O8P2/c1-43(2,3)35-21-13-17-25-39(35)55(47,48,40-26-18-14-22-36(40)44(4,5)6)53-33-31-51-29-30-52-32-34-54-56(49,50,41-27-19-15-23-37(41)45(7,8)9)42-28-20-16-24-38(42)46(10,11)12/h13-28,47-50H,29-34H2,1-12H3. The second kappa shape index (κ2) is 16.6. The first-order valence-corrected chi connectivity index (χ1v) is 23.7. The predicted octanol–water partition coefficient (Wildman–Crippen LogP) is 8.11. The van der Waals surface area contributed by atoms with Crippen molar-refractivity contribution in [3.63, 3.8) is 0 Å². The van der Waals surface area contributed by atoms with Crippen LogP contribution in [0.1, 0.15) is 105 Å². The minimum absolute atomic E-state index is 0.0745. The number of ether oxygens (including phenoxy) is 2. The summed E-state index contributed by atoms with van der Waals surface area (Å²) in [4.78, 5) is 50.9. The van der Waals surface area contributed by atoms with Gasteiger partial charge in [0, 0.05) is 0 Å².